The topological polar surface area (TPSA) is 109 Å². The van der Waals surface area contributed by atoms with Crippen LogP contribution < -0.4 is 16.6 Å². The standard InChI is InChI=1S/C10H12N2O3/c1-5-2-6(4-8(13)14)3-7(9(5)11)10(12)15/h2-3H,4,11H2,1H3,(H2,12,15)(H,13,14)/p-1. The third-order valence-electron chi connectivity index (χ3n) is 2.06. The maximum atomic E-state index is 11.0. The van der Waals surface area contributed by atoms with E-state index in [0.717, 1.165) is 0 Å². The highest BCUT2D eigenvalue weighted by Crippen LogP contribution is 2.19. The van der Waals surface area contributed by atoms with Crippen LogP contribution in [0.15, 0.2) is 12.1 Å². The number of carbonyl (C=O) groups excluding carboxylic acids is 2. The Morgan fingerprint density at radius 1 is 1.40 bits per heavy atom. The van der Waals surface area contributed by atoms with Gasteiger partial charge in [-0.1, -0.05) is 6.07 Å². The molecule has 1 aromatic carbocycles. The highest BCUT2D eigenvalue weighted by atomic mass is 16.4. The molecular weight excluding hydrogens is 196 g/mol. The van der Waals surface area contributed by atoms with Crippen molar-refractivity contribution in [2.75, 3.05) is 5.73 Å². The predicted molar refractivity (Wildman–Crippen MR) is 52.8 cm³/mol. The molecule has 0 aromatic heterocycles. The molecule has 15 heavy (non-hydrogen) atoms. The van der Waals surface area contributed by atoms with Crippen molar-refractivity contribution in [2.45, 2.75) is 13.3 Å². The highest BCUT2D eigenvalue weighted by Gasteiger charge is 2.09. The monoisotopic (exact) mass is 207 g/mol. The van der Waals surface area contributed by atoms with E-state index in [4.69, 9.17) is 11.5 Å². The van der Waals surface area contributed by atoms with Gasteiger partial charge in [0.05, 0.1) is 5.56 Å². The molecule has 0 heterocycles. The number of carboxylic acid groups (broad SMARTS) is 1. The Kier molecular flexibility index (Phi) is 2.94. The molecule has 0 saturated carbocycles. The summed E-state index contributed by atoms with van der Waals surface area (Å²) in [5, 5.41) is 10.4. The largest absolute Gasteiger partial charge is 0.550 e. The van der Waals surface area contributed by atoms with Gasteiger partial charge in [-0.15, -0.1) is 0 Å². The normalized spacial score (nSPS) is 9.93. The van der Waals surface area contributed by atoms with Crippen molar-refractivity contribution >= 4 is 17.6 Å². The molecule has 0 saturated heterocycles. The SMILES string of the molecule is Cc1cc(CC(=O)[O-])cc(C(N)=O)c1N. The minimum Gasteiger partial charge on any atom is -0.550 e. The summed E-state index contributed by atoms with van der Waals surface area (Å²) in [5.41, 5.74) is 12.2. The van der Waals surface area contributed by atoms with Crippen molar-refractivity contribution in [1.82, 2.24) is 0 Å². The number of carboxylic acids is 1. The molecule has 0 aliphatic carbocycles. The van der Waals surface area contributed by atoms with Crippen molar-refractivity contribution in [1.29, 1.82) is 0 Å². The third kappa shape index (κ3) is 2.46. The summed E-state index contributed by atoms with van der Waals surface area (Å²) in [7, 11) is 0. The number of benzene rings is 1. The van der Waals surface area contributed by atoms with Crippen LogP contribution in [0.1, 0.15) is 21.5 Å². The Labute approximate surface area is 86.7 Å². The lowest BCUT2D eigenvalue weighted by Crippen LogP contribution is -2.25. The molecule has 1 aromatic rings. The average Bonchev–Trinajstić information content (AvgIpc) is 2.09. The number of nitrogen functional groups attached to an aromatic ring is 1. The number of carbonyl (C=O) groups is 2. The molecule has 5 nitrogen and oxygen atoms in total. The van der Waals surface area contributed by atoms with Gasteiger partial charge in [0, 0.05) is 18.1 Å². The zero-order chi connectivity index (χ0) is 11.6. The molecule has 4 N–H and O–H groups in total. The lowest BCUT2D eigenvalue weighted by atomic mass is 10.0. The van der Waals surface area contributed by atoms with Gasteiger partial charge < -0.3 is 21.4 Å². The quantitative estimate of drug-likeness (QED) is 0.617. The van der Waals surface area contributed by atoms with Crippen molar-refractivity contribution < 1.29 is 14.7 Å². The number of amides is 1. The molecule has 0 aliphatic rings. The van der Waals surface area contributed by atoms with E-state index < -0.39 is 11.9 Å². The predicted octanol–water partition coefficient (Wildman–Crippen LogP) is -1.03. The second kappa shape index (κ2) is 4.00. The third-order valence-corrected chi connectivity index (χ3v) is 2.06. The number of aliphatic carboxylic acids is 1. The molecule has 1 amide bonds. The Morgan fingerprint density at radius 2 is 2.00 bits per heavy atom. The van der Waals surface area contributed by atoms with Crippen LogP contribution in [0, 0.1) is 6.92 Å². The minimum absolute atomic E-state index is 0.145. The number of anilines is 1. The van der Waals surface area contributed by atoms with Crippen LogP contribution in [0.5, 0.6) is 0 Å². The van der Waals surface area contributed by atoms with E-state index in [1.165, 1.54) is 6.07 Å². The van der Waals surface area contributed by atoms with Crippen LogP contribution in [0.2, 0.25) is 0 Å². The van der Waals surface area contributed by atoms with E-state index in [0.29, 0.717) is 11.1 Å². The van der Waals surface area contributed by atoms with E-state index in [-0.39, 0.29) is 17.7 Å². The van der Waals surface area contributed by atoms with Crippen molar-refractivity contribution in [3.8, 4) is 0 Å². The fraction of sp³-hybridized carbons (Fsp3) is 0.200. The zero-order valence-electron chi connectivity index (χ0n) is 8.24. The first kappa shape index (κ1) is 11.0. The van der Waals surface area contributed by atoms with E-state index in [9.17, 15) is 14.7 Å². The van der Waals surface area contributed by atoms with Gasteiger partial charge >= 0.3 is 0 Å². The van der Waals surface area contributed by atoms with Crippen molar-refractivity contribution in [3.63, 3.8) is 0 Å². The minimum atomic E-state index is -1.21. The molecule has 0 aliphatic heterocycles. The highest BCUT2D eigenvalue weighted by molar-refractivity contribution is 5.99. The van der Waals surface area contributed by atoms with Gasteiger partial charge in [0.25, 0.3) is 5.91 Å². The number of hydrogen-bond donors (Lipinski definition) is 2. The van der Waals surface area contributed by atoms with Gasteiger partial charge in [0.15, 0.2) is 0 Å². The Hall–Kier alpha value is -2.04. The van der Waals surface area contributed by atoms with Crippen molar-refractivity contribution in [3.05, 3.63) is 28.8 Å². The van der Waals surface area contributed by atoms with Crippen LogP contribution >= 0.6 is 0 Å². The summed E-state index contributed by atoms with van der Waals surface area (Å²) in [4.78, 5) is 21.4. The zero-order valence-corrected chi connectivity index (χ0v) is 8.24. The number of hydrogen-bond acceptors (Lipinski definition) is 4. The molecule has 0 radical (unpaired) electrons. The number of primary amides is 1. The van der Waals surface area contributed by atoms with Crippen molar-refractivity contribution in [2.24, 2.45) is 5.73 Å². The number of rotatable bonds is 3. The van der Waals surface area contributed by atoms with Gasteiger partial charge in [-0.25, -0.2) is 0 Å². The van der Waals surface area contributed by atoms with Crippen LogP contribution in [-0.2, 0) is 11.2 Å². The van der Waals surface area contributed by atoms with E-state index in [2.05, 4.69) is 0 Å². The molecule has 0 fully saturated rings. The number of aryl methyl sites for hydroxylation is 1. The van der Waals surface area contributed by atoms with Crippen LogP contribution in [0.25, 0.3) is 0 Å². The van der Waals surface area contributed by atoms with E-state index >= 15 is 0 Å². The molecule has 0 atom stereocenters. The van der Waals surface area contributed by atoms with Gasteiger partial charge in [-0.05, 0) is 24.1 Å². The van der Waals surface area contributed by atoms with Crippen LogP contribution in [0.4, 0.5) is 5.69 Å². The molecule has 0 spiro atoms. The van der Waals surface area contributed by atoms with Gasteiger partial charge in [0.2, 0.25) is 0 Å². The Bertz CT molecular complexity index is 427. The van der Waals surface area contributed by atoms with Gasteiger partial charge in [-0.3, -0.25) is 4.79 Å². The lowest BCUT2D eigenvalue weighted by molar-refractivity contribution is -0.304. The fourth-order valence-electron chi connectivity index (χ4n) is 1.35. The molecule has 5 heteroatoms. The van der Waals surface area contributed by atoms with E-state index in [1.807, 2.05) is 0 Å². The summed E-state index contributed by atoms with van der Waals surface area (Å²) in [6, 6.07) is 2.97. The Balaban J connectivity index is 3.23. The first-order chi connectivity index (χ1) is 6.91. The van der Waals surface area contributed by atoms with Gasteiger partial charge in [0.1, 0.15) is 0 Å². The average molecular weight is 207 g/mol. The molecule has 0 unspecified atom stereocenters. The fourth-order valence-corrected chi connectivity index (χ4v) is 1.35. The molecule has 1 rings (SSSR count). The molecule has 80 valence electrons. The van der Waals surface area contributed by atoms with Gasteiger partial charge in [-0.2, -0.15) is 0 Å². The maximum absolute atomic E-state index is 11.0. The van der Waals surface area contributed by atoms with E-state index in [1.54, 1.807) is 13.0 Å². The summed E-state index contributed by atoms with van der Waals surface area (Å²) in [6.07, 6.45) is -0.263. The molecular formula is C10H11N2O3-. The summed E-state index contributed by atoms with van der Waals surface area (Å²) >= 11 is 0. The smallest absolute Gasteiger partial charge is 0.250 e. The lowest BCUT2D eigenvalue weighted by Gasteiger charge is -2.09. The summed E-state index contributed by atoms with van der Waals surface area (Å²) < 4.78 is 0. The Morgan fingerprint density at radius 3 is 2.47 bits per heavy atom. The van der Waals surface area contributed by atoms with Crippen LogP contribution in [0.3, 0.4) is 0 Å². The first-order valence-electron chi connectivity index (χ1n) is 4.30. The molecule has 0 bridgehead atoms. The second-order valence-corrected chi connectivity index (χ2v) is 3.29. The maximum Gasteiger partial charge on any atom is 0.250 e. The number of nitrogens with two attached hydrogens (primary N) is 2. The second-order valence-electron chi connectivity index (χ2n) is 3.29. The first-order valence-corrected chi connectivity index (χ1v) is 4.30. The summed E-state index contributed by atoms with van der Waals surface area (Å²) in [6.45, 7) is 1.68. The summed E-state index contributed by atoms with van der Waals surface area (Å²) in [5.74, 6) is -1.88. The van der Waals surface area contributed by atoms with Crippen LogP contribution in [-0.4, -0.2) is 11.9 Å².